The molecule has 0 aliphatic heterocycles. The Labute approximate surface area is 104 Å². The average Bonchev–Trinajstić information content (AvgIpc) is 3.15. The number of hydrogen-bond acceptors (Lipinski definition) is 4. The summed E-state index contributed by atoms with van der Waals surface area (Å²) in [5.41, 5.74) is 0.656. The zero-order valence-electron chi connectivity index (χ0n) is 11.3. The zero-order valence-corrected chi connectivity index (χ0v) is 11.3. The number of likely N-dealkylation sites (N-methyl/N-ethyl adjacent to an activating group) is 1. The first kappa shape index (κ1) is 14.2. The second kappa shape index (κ2) is 6.77. The maximum atomic E-state index is 11.1. The molecule has 0 aromatic carbocycles. The van der Waals surface area contributed by atoms with Crippen LogP contribution in [0.2, 0.25) is 0 Å². The molecule has 0 aromatic heterocycles. The molecule has 1 unspecified atom stereocenters. The molecule has 98 valence electrons. The van der Waals surface area contributed by atoms with Gasteiger partial charge in [0.25, 0.3) is 0 Å². The summed E-state index contributed by atoms with van der Waals surface area (Å²) in [6.45, 7) is 5.65. The lowest BCUT2D eigenvalue weighted by Gasteiger charge is -2.24. The second-order valence-corrected chi connectivity index (χ2v) is 4.78. The smallest absolute Gasteiger partial charge is 0.333 e. The molecule has 1 aliphatic rings. The number of ether oxygens (including phenoxy) is 1. The molecule has 0 bridgehead atoms. The van der Waals surface area contributed by atoms with E-state index >= 15 is 0 Å². The largest absolute Gasteiger partial charge is 0.466 e. The van der Waals surface area contributed by atoms with Gasteiger partial charge in [-0.25, -0.2) is 4.79 Å². The summed E-state index contributed by atoms with van der Waals surface area (Å²) in [5.74, 6) is -0.255. The maximum absolute atomic E-state index is 11.1. The molecule has 0 radical (unpaired) electrons. The van der Waals surface area contributed by atoms with Crippen LogP contribution in [0.1, 0.15) is 26.7 Å². The van der Waals surface area contributed by atoms with E-state index in [0.29, 0.717) is 18.2 Å². The number of rotatable bonds is 7. The van der Waals surface area contributed by atoms with Crippen molar-refractivity contribution in [3.63, 3.8) is 0 Å². The van der Waals surface area contributed by atoms with Crippen molar-refractivity contribution in [2.75, 3.05) is 27.2 Å². The van der Waals surface area contributed by atoms with Gasteiger partial charge in [0.05, 0.1) is 7.11 Å². The van der Waals surface area contributed by atoms with Gasteiger partial charge in [0.2, 0.25) is 0 Å². The fraction of sp³-hybridized carbons (Fsp3) is 0.769. The number of carbonyl (C=O) groups is 1. The first-order chi connectivity index (χ1) is 8.06. The summed E-state index contributed by atoms with van der Waals surface area (Å²) in [4.78, 5) is 13.5. The van der Waals surface area contributed by atoms with Crippen LogP contribution in [0.3, 0.4) is 0 Å². The van der Waals surface area contributed by atoms with Crippen LogP contribution in [0.5, 0.6) is 0 Å². The lowest BCUT2D eigenvalue weighted by atomic mass is 10.2. The molecular formula is C13H24N2O2. The molecule has 0 aromatic rings. The van der Waals surface area contributed by atoms with Gasteiger partial charge in [-0.1, -0.05) is 6.08 Å². The first-order valence-corrected chi connectivity index (χ1v) is 6.24. The quantitative estimate of drug-likeness (QED) is 0.412. The fourth-order valence-electron chi connectivity index (χ4n) is 1.75. The second-order valence-electron chi connectivity index (χ2n) is 4.78. The van der Waals surface area contributed by atoms with Crippen molar-refractivity contribution in [1.82, 2.24) is 10.2 Å². The van der Waals surface area contributed by atoms with E-state index < -0.39 is 0 Å². The Morgan fingerprint density at radius 3 is 2.76 bits per heavy atom. The van der Waals surface area contributed by atoms with Gasteiger partial charge in [-0.3, -0.25) is 4.90 Å². The van der Waals surface area contributed by atoms with Crippen molar-refractivity contribution in [2.45, 2.75) is 38.8 Å². The predicted octanol–water partition coefficient (Wildman–Crippen LogP) is 1.18. The summed E-state index contributed by atoms with van der Waals surface area (Å²) >= 11 is 0. The standard InChI is InChI=1S/C13H24N2O2/c1-10(13(16)17-4)7-8-14-9-11(2)15(3)12-5-6-12/h7,11-12,14H,5-6,8-9H2,1-4H3. The Bertz CT molecular complexity index is 285. The van der Waals surface area contributed by atoms with Crippen LogP contribution in [-0.4, -0.2) is 50.2 Å². The Balaban J connectivity index is 2.16. The van der Waals surface area contributed by atoms with Crippen LogP contribution in [0.25, 0.3) is 0 Å². The topological polar surface area (TPSA) is 41.6 Å². The Morgan fingerprint density at radius 1 is 1.59 bits per heavy atom. The van der Waals surface area contributed by atoms with E-state index in [1.165, 1.54) is 20.0 Å². The average molecular weight is 240 g/mol. The number of carbonyl (C=O) groups excluding carboxylic acids is 1. The summed E-state index contributed by atoms with van der Waals surface area (Å²) in [6.07, 6.45) is 4.54. The minimum atomic E-state index is -0.255. The molecule has 1 N–H and O–H groups in total. The number of methoxy groups -OCH3 is 1. The number of nitrogens with one attached hydrogen (secondary N) is 1. The third-order valence-electron chi connectivity index (χ3n) is 3.32. The lowest BCUT2D eigenvalue weighted by molar-refractivity contribution is -0.136. The Morgan fingerprint density at radius 2 is 2.24 bits per heavy atom. The van der Waals surface area contributed by atoms with Gasteiger partial charge in [-0.15, -0.1) is 0 Å². The summed E-state index contributed by atoms with van der Waals surface area (Å²) in [5, 5.41) is 3.33. The summed E-state index contributed by atoms with van der Waals surface area (Å²) < 4.78 is 4.62. The van der Waals surface area contributed by atoms with E-state index in [-0.39, 0.29) is 5.97 Å². The third kappa shape index (κ3) is 4.88. The van der Waals surface area contributed by atoms with E-state index in [2.05, 4.69) is 28.9 Å². The van der Waals surface area contributed by atoms with Crippen LogP contribution < -0.4 is 5.32 Å². The maximum Gasteiger partial charge on any atom is 0.333 e. The number of nitrogens with zero attached hydrogens (tertiary/aromatic N) is 1. The highest BCUT2D eigenvalue weighted by Crippen LogP contribution is 2.26. The molecule has 1 atom stereocenters. The van der Waals surface area contributed by atoms with Crippen molar-refractivity contribution >= 4 is 5.97 Å². The molecule has 1 rings (SSSR count). The molecule has 1 saturated carbocycles. The van der Waals surface area contributed by atoms with Crippen molar-refractivity contribution in [1.29, 1.82) is 0 Å². The molecule has 4 nitrogen and oxygen atoms in total. The highest BCUT2D eigenvalue weighted by molar-refractivity contribution is 5.87. The molecule has 0 spiro atoms. The monoisotopic (exact) mass is 240 g/mol. The van der Waals surface area contributed by atoms with Crippen molar-refractivity contribution in [3.8, 4) is 0 Å². The van der Waals surface area contributed by atoms with Crippen LogP contribution in [0, 0.1) is 0 Å². The number of esters is 1. The van der Waals surface area contributed by atoms with Gasteiger partial charge in [0.15, 0.2) is 0 Å². The van der Waals surface area contributed by atoms with Crippen molar-refractivity contribution < 1.29 is 9.53 Å². The highest BCUT2D eigenvalue weighted by Gasteiger charge is 2.28. The van der Waals surface area contributed by atoms with E-state index in [4.69, 9.17) is 0 Å². The van der Waals surface area contributed by atoms with Gasteiger partial charge in [0, 0.05) is 30.7 Å². The van der Waals surface area contributed by atoms with Crippen LogP contribution in [0.15, 0.2) is 11.6 Å². The molecule has 1 fully saturated rings. The Hall–Kier alpha value is -0.870. The first-order valence-electron chi connectivity index (χ1n) is 6.24. The Kier molecular flexibility index (Phi) is 5.65. The van der Waals surface area contributed by atoms with Gasteiger partial charge in [0.1, 0.15) is 0 Å². The summed E-state index contributed by atoms with van der Waals surface area (Å²) in [6, 6.07) is 1.33. The van der Waals surface area contributed by atoms with Crippen LogP contribution in [-0.2, 0) is 9.53 Å². The predicted molar refractivity (Wildman–Crippen MR) is 68.9 cm³/mol. The van der Waals surface area contributed by atoms with E-state index in [1.54, 1.807) is 6.92 Å². The molecule has 0 saturated heterocycles. The molecule has 0 heterocycles. The SMILES string of the molecule is COC(=O)C(C)=CCNCC(C)N(C)C1CC1. The molecule has 4 heteroatoms. The minimum absolute atomic E-state index is 0.255. The van der Waals surface area contributed by atoms with Crippen LogP contribution in [0.4, 0.5) is 0 Å². The lowest BCUT2D eigenvalue weighted by Crippen LogP contribution is -2.39. The van der Waals surface area contributed by atoms with Gasteiger partial charge < -0.3 is 10.1 Å². The summed E-state index contributed by atoms with van der Waals surface area (Å²) in [7, 11) is 3.58. The molecule has 17 heavy (non-hydrogen) atoms. The van der Waals surface area contributed by atoms with Gasteiger partial charge in [-0.2, -0.15) is 0 Å². The molecule has 0 amide bonds. The van der Waals surface area contributed by atoms with Crippen molar-refractivity contribution in [3.05, 3.63) is 11.6 Å². The zero-order chi connectivity index (χ0) is 12.8. The van der Waals surface area contributed by atoms with Crippen LogP contribution >= 0.6 is 0 Å². The highest BCUT2D eigenvalue weighted by atomic mass is 16.5. The number of hydrogen-bond donors (Lipinski definition) is 1. The van der Waals surface area contributed by atoms with Crippen molar-refractivity contribution in [2.24, 2.45) is 0 Å². The molecule has 1 aliphatic carbocycles. The third-order valence-corrected chi connectivity index (χ3v) is 3.32. The van der Waals surface area contributed by atoms with Gasteiger partial charge in [-0.05, 0) is 33.7 Å². The van der Waals surface area contributed by atoms with E-state index in [0.717, 1.165) is 12.6 Å². The minimum Gasteiger partial charge on any atom is -0.466 e. The van der Waals surface area contributed by atoms with Gasteiger partial charge >= 0.3 is 5.97 Å². The fourth-order valence-corrected chi connectivity index (χ4v) is 1.75. The normalized spacial score (nSPS) is 18.3. The van der Waals surface area contributed by atoms with E-state index in [1.807, 2.05) is 6.08 Å². The van der Waals surface area contributed by atoms with E-state index in [9.17, 15) is 4.79 Å². The molecular weight excluding hydrogens is 216 g/mol.